The average molecular weight is 496 g/mol. The number of nitrogens with one attached hydrogen (secondary N) is 3. The molecule has 0 fully saturated rings. The fourth-order valence-corrected chi connectivity index (χ4v) is 4.61. The lowest BCUT2D eigenvalue weighted by Crippen LogP contribution is -2.16. The summed E-state index contributed by atoms with van der Waals surface area (Å²) in [6.45, 7) is 6.76. The van der Waals surface area contributed by atoms with Gasteiger partial charge in [0.15, 0.2) is 0 Å². The molecule has 3 rings (SSSR count). The standard InChI is InChI=1S/C24H25N5O5S/c1-15-8-10-22(16(2)12-15)28-35(33,34)24-14-21(29(31)32)9-11-23(24)27-26-17(3)19-6-5-7-20(13-19)25-18(4)30/h5-14,27-28H,1-4H3,(H,25,30). The minimum Gasteiger partial charge on any atom is -0.326 e. The van der Waals surface area contributed by atoms with E-state index in [0.29, 0.717) is 28.2 Å². The van der Waals surface area contributed by atoms with Crippen LogP contribution in [0.25, 0.3) is 0 Å². The largest absolute Gasteiger partial charge is 0.326 e. The summed E-state index contributed by atoms with van der Waals surface area (Å²) < 4.78 is 29.0. The zero-order chi connectivity index (χ0) is 25.8. The van der Waals surface area contributed by atoms with Gasteiger partial charge in [-0.2, -0.15) is 5.10 Å². The van der Waals surface area contributed by atoms with E-state index in [1.165, 1.54) is 19.1 Å². The van der Waals surface area contributed by atoms with E-state index in [4.69, 9.17) is 0 Å². The fraction of sp³-hybridized carbons (Fsp3) is 0.167. The van der Waals surface area contributed by atoms with Gasteiger partial charge in [0, 0.05) is 24.7 Å². The quantitative estimate of drug-likeness (QED) is 0.233. The van der Waals surface area contributed by atoms with Crippen molar-refractivity contribution in [2.75, 3.05) is 15.5 Å². The van der Waals surface area contributed by atoms with Crippen LogP contribution in [0.5, 0.6) is 0 Å². The van der Waals surface area contributed by atoms with Crippen LogP contribution in [0.1, 0.15) is 30.5 Å². The third kappa shape index (κ3) is 6.42. The molecule has 0 aliphatic rings. The molecule has 35 heavy (non-hydrogen) atoms. The first-order valence-electron chi connectivity index (χ1n) is 10.5. The number of sulfonamides is 1. The molecule has 3 aromatic carbocycles. The van der Waals surface area contributed by atoms with E-state index in [9.17, 15) is 23.3 Å². The second-order valence-corrected chi connectivity index (χ2v) is 9.58. The Kier molecular flexibility index (Phi) is 7.50. The zero-order valence-corrected chi connectivity index (χ0v) is 20.4. The number of aryl methyl sites for hydroxylation is 2. The summed E-state index contributed by atoms with van der Waals surface area (Å²) in [5, 5.41) is 18.3. The smallest absolute Gasteiger partial charge is 0.270 e. The third-order valence-corrected chi connectivity index (χ3v) is 6.44. The van der Waals surface area contributed by atoms with Crippen molar-refractivity contribution in [3.8, 4) is 0 Å². The Morgan fingerprint density at radius 2 is 1.69 bits per heavy atom. The monoisotopic (exact) mass is 495 g/mol. The Hall–Kier alpha value is -4.25. The number of nitro groups is 1. The molecule has 0 spiro atoms. The Balaban J connectivity index is 1.97. The number of hydrazone groups is 1. The molecule has 1 amide bonds. The van der Waals surface area contributed by atoms with Crippen molar-refractivity contribution in [3.05, 3.63) is 87.5 Å². The molecule has 0 aromatic heterocycles. The van der Waals surface area contributed by atoms with E-state index < -0.39 is 14.9 Å². The van der Waals surface area contributed by atoms with Gasteiger partial charge in [-0.05, 0) is 56.2 Å². The SMILES string of the molecule is CC(=O)Nc1cccc(C(C)=NNc2ccc([N+](=O)[O-])cc2S(=O)(=O)Nc2ccc(C)cc2C)c1. The van der Waals surface area contributed by atoms with Gasteiger partial charge in [-0.3, -0.25) is 25.1 Å². The van der Waals surface area contributed by atoms with E-state index in [1.54, 1.807) is 50.2 Å². The predicted octanol–water partition coefficient (Wildman–Crippen LogP) is 4.81. The minimum absolute atomic E-state index is 0.0604. The van der Waals surface area contributed by atoms with Gasteiger partial charge < -0.3 is 5.32 Å². The summed E-state index contributed by atoms with van der Waals surface area (Å²) in [7, 11) is -4.20. The summed E-state index contributed by atoms with van der Waals surface area (Å²) in [6, 6.07) is 15.7. The Morgan fingerprint density at radius 3 is 2.34 bits per heavy atom. The third-order valence-electron chi connectivity index (χ3n) is 5.04. The van der Waals surface area contributed by atoms with Crippen molar-refractivity contribution in [2.24, 2.45) is 5.10 Å². The Morgan fingerprint density at radius 1 is 0.971 bits per heavy atom. The molecule has 11 heteroatoms. The molecule has 0 aliphatic heterocycles. The van der Waals surface area contributed by atoms with Crippen molar-refractivity contribution in [1.29, 1.82) is 0 Å². The van der Waals surface area contributed by atoms with Crippen molar-refractivity contribution in [3.63, 3.8) is 0 Å². The number of non-ortho nitro benzene ring substituents is 1. The molecule has 0 atom stereocenters. The number of carbonyl (C=O) groups is 1. The highest BCUT2D eigenvalue weighted by Gasteiger charge is 2.23. The molecule has 0 heterocycles. The molecule has 10 nitrogen and oxygen atoms in total. The van der Waals surface area contributed by atoms with Gasteiger partial charge in [0.1, 0.15) is 4.90 Å². The minimum atomic E-state index is -4.20. The molecule has 0 saturated heterocycles. The lowest BCUT2D eigenvalue weighted by Gasteiger charge is -2.14. The molecule has 3 aromatic rings. The van der Waals surface area contributed by atoms with Crippen LogP contribution in [-0.2, 0) is 14.8 Å². The lowest BCUT2D eigenvalue weighted by atomic mass is 10.1. The van der Waals surface area contributed by atoms with Gasteiger partial charge in [0.25, 0.3) is 15.7 Å². The highest BCUT2D eigenvalue weighted by molar-refractivity contribution is 7.92. The van der Waals surface area contributed by atoms with Crippen molar-refractivity contribution in [2.45, 2.75) is 32.6 Å². The van der Waals surface area contributed by atoms with Crippen LogP contribution in [0.4, 0.5) is 22.7 Å². The molecule has 0 aliphatic carbocycles. The van der Waals surface area contributed by atoms with Crippen LogP contribution in [0.2, 0.25) is 0 Å². The highest BCUT2D eigenvalue weighted by atomic mass is 32.2. The number of nitro benzene ring substituents is 1. The first-order chi connectivity index (χ1) is 16.5. The fourth-order valence-electron chi connectivity index (χ4n) is 3.30. The van der Waals surface area contributed by atoms with Crippen LogP contribution in [0.3, 0.4) is 0 Å². The number of anilines is 3. The summed E-state index contributed by atoms with van der Waals surface area (Å²) in [5.41, 5.74) is 6.21. The van der Waals surface area contributed by atoms with Gasteiger partial charge >= 0.3 is 0 Å². The average Bonchev–Trinajstić information content (AvgIpc) is 2.79. The molecule has 0 radical (unpaired) electrons. The molecule has 0 unspecified atom stereocenters. The summed E-state index contributed by atoms with van der Waals surface area (Å²) >= 11 is 0. The summed E-state index contributed by atoms with van der Waals surface area (Å²) in [4.78, 5) is 21.6. The maximum Gasteiger partial charge on any atom is 0.270 e. The van der Waals surface area contributed by atoms with E-state index in [2.05, 4.69) is 20.6 Å². The molecular formula is C24H25N5O5S. The first-order valence-corrected chi connectivity index (χ1v) is 12.0. The maximum atomic E-state index is 13.2. The number of nitrogens with zero attached hydrogens (tertiary/aromatic N) is 2. The van der Waals surface area contributed by atoms with Crippen LogP contribution in [0, 0.1) is 24.0 Å². The van der Waals surface area contributed by atoms with E-state index in [-0.39, 0.29) is 22.2 Å². The van der Waals surface area contributed by atoms with Crippen molar-refractivity contribution in [1.82, 2.24) is 0 Å². The number of amides is 1. The number of hydrogen-bond donors (Lipinski definition) is 3. The first kappa shape index (κ1) is 25.4. The van der Waals surface area contributed by atoms with Crippen LogP contribution < -0.4 is 15.5 Å². The van der Waals surface area contributed by atoms with Gasteiger partial charge in [-0.25, -0.2) is 8.42 Å². The maximum absolute atomic E-state index is 13.2. The number of rotatable bonds is 8. The van der Waals surface area contributed by atoms with Gasteiger partial charge in [0.05, 0.1) is 22.0 Å². The number of carbonyl (C=O) groups excluding carboxylic acids is 1. The van der Waals surface area contributed by atoms with Gasteiger partial charge in [-0.1, -0.05) is 29.8 Å². The van der Waals surface area contributed by atoms with Gasteiger partial charge in [0.2, 0.25) is 5.91 Å². The number of benzene rings is 3. The summed E-state index contributed by atoms with van der Waals surface area (Å²) in [6.07, 6.45) is 0. The zero-order valence-electron chi connectivity index (χ0n) is 19.6. The molecular weight excluding hydrogens is 470 g/mol. The predicted molar refractivity (Wildman–Crippen MR) is 136 cm³/mol. The van der Waals surface area contributed by atoms with Crippen LogP contribution in [-0.4, -0.2) is 25.0 Å². The van der Waals surface area contributed by atoms with Crippen molar-refractivity contribution < 1.29 is 18.1 Å². The summed E-state index contributed by atoms with van der Waals surface area (Å²) in [5.74, 6) is -0.216. The Bertz CT molecular complexity index is 1430. The van der Waals surface area contributed by atoms with E-state index in [0.717, 1.165) is 11.6 Å². The molecule has 3 N–H and O–H groups in total. The molecule has 182 valence electrons. The topological polar surface area (TPSA) is 143 Å². The second-order valence-electron chi connectivity index (χ2n) is 7.93. The molecule has 0 saturated carbocycles. The number of hydrogen-bond acceptors (Lipinski definition) is 7. The Labute approximate surface area is 203 Å². The second kappa shape index (κ2) is 10.3. The van der Waals surface area contributed by atoms with Crippen LogP contribution >= 0.6 is 0 Å². The normalized spacial score (nSPS) is 11.6. The lowest BCUT2D eigenvalue weighted by molar-refractivity contribution is -0.385. The van der Waals surface area contributed by atoms with E-state index in [1.807, 2.05) is 13.0 Å². The molecule has 0 bridgehead atoms. The van der Waals surface area contributed by atoms with E-state index >= 15 is 0 Å². The van der Waals surface area contributed by atoms with Gasteiger partial charge in [-0.15, -0.1) is 0 Å². The highest BCUT2D eigenvalue weighted by Crippen LogP contribution is 2.29. The van der Waals surface area contributed by atoms with Crippen LogP contribution in [0.15, 0.2) is 70.7 Å². The van der Waals surface area contributed by atoms with Crippen molar-refractivity contribution >= 4 is 44.4 Å².